The molecular weight excluding hydrogens is 222 g/mol. The number of aliphatic carboxylic acids is 1. The summed E-state index contributed by atoms with van der Waals surface area (Å²) in [6.07, 6.45) is 0.318. The second-order valence-electron chi connectivity index (χ2n) is 4.60. The standard InChI is InChI=1S/C12H17NO2S/c1-8-3-11(9(2)16-8)7-13-5-10(6-13)4-12(14)15/h3,10H,4-7H2,1-2H3,(H,14,15). The highest BCUT2D eigenvalue weighted by molar-refractivity contribution is 7.12. The third-order valence-corrected chi connectivity index (χ3v) is 4.04. The van der Waals surface area contributed by atoms with Crippen molar-refractivity contribution in [3.8, 4) is 0 Å². The van der Waals surface area contributed by atoms with Gasteiger partial charge in [-0.05, 0) is 31.4 Å². The molecule has 1 fully saturated rings. The van der Waals surface area contributed by atoms with Crippen molar-refractivity contribution in [1.29, 1.82) is 0 Å². The van der Waals surface area contributed by atoms with Gasteiger partial charge in [-0.1, -0.05) is 0 Å². The van der Waals surface area contributed by atoms with E-state index in [4.69, 9.17) is 5.11 Å². The van der Waals surface area contributed by atoms with Crippen LogP contribution in [0.5, 0.6) is 0 Å². The molecule has 0 radical (unpaired) electrons. The van der Waals surface area contributed by atoms with E-state index in [0.29, 0.717) is 12.3 Å². The minimum atomic E-state index is -0.674. The van der Waals surface area contributed by atoms with Crippen LogP contribution >= 0.6 is 11.3 Å². The molecule has 1 aliphatic heterocycles. The van der Waals surface area contributed by atoms with Gasteiger partial charge in [0.05, 0.1) is 6.42 Å². The van der Waals surface area contributed by atoms with Crippen LogP contribution in [-0.2, 0) is 11.3 Å². The normalized spacial score (nSPS) is 17.4. The van der Waals surface area contributed by atoms with Crippen LogP contribution in [0.25, 0.3) is 0 Å². The average Bonchev–Trinajstić information content (AvgIpc) is 2.40. The smallest absolute Gasteiger partial charge is 0.303 e. The topological polar surface area (TPSA) is 40.5 Å². The van der Waals surface area contributed by atoms with Gasteiger partial charge in [-0.25, -0.2) is 0 Å². The van der Waals surface area contributed by atoms with Crippen LogP contribution in [0, 0.1) is 19.8 Å². The highest BCUT2D eigenvalue weighted by Gasteiger charge is 2.28. The Labute approximate surface area is 99.7 Å². The molecule has 1 aromatic rings. The van der Waals surface area contributed by atoms with E-state index in [-0.39, 0.29) is 0 Å². The Bertz CT molecular complexity index is 394. The maximum absolute atomic E-state index is 10.5. The quantitative estimate of drug-likeness (QED) is 0.876. The van der Waals surface area contributed by atoms with Crippen molar-refractivity contribution in [1.82, 2.24) is 4.90 Å². The predicted octanol–water partition coefficient (Wildman–Crippen LogP) is 2.27. The minimum absolute atomic E-state index is 0.318. The fourth-order valence-electron chi connectivity index (χ4n) is 2.26. The molecule has 0 amide bonds. The summed E-state index contributed by atoms with van der Waals surface area (Å²) in [5, 5.41) is 8.66. The molecule has 0 saturated carbocycles. The number of hydrogen-bond donors (Lipinski definition) is 1. The summed E-state index contributed by atoms with van der Waals surface area (Å²) in [5.41, 5.74) is 1.40. The van der Waals surface area contributed by atoms with E-state index in [1.54, 1.807) is 0 Å². The Morgan fingerprint density at radius 1 is 1.56 bits per heavy atom. The lowest BCUT2D eigenvalue weighted by atomic mass is 9.96. The number of carbonyl (C=O) groups is 1. The molecule has 3 nitrogen and oxygen atoms in total. The first-order chi connectivity index (χ1) is 7.54. The van der Waals surface area contributed by atoms with Gasteiger partial charge in [0.2, 0.25) is 0 Å². The second kappa shape index (κ2) is 4.55. The first-order valence-corrected chi connectivity index (χ1v) is 6.36. The van der Waals surface area contributed by atoms with Crippen molar-refractivity contribution in [2.24, 2.45) is 5.92 Å². The van der Waals surface area contributed by atoms with E-state index in [2.05, 4.69) is 24.8 Å². The van der Waals surface area contributed by atoms with Crippen molar-refractivity contribution in [2.45, 2.75) is 26.8 Å². The minimum Gasteiger partial charge on any atom is -0.481 e. The highest BCUT2D eigenvalue weighted by Crippen LogP contribution is 2.26. The Balaban J connectivity index is 1.81. The third kappa shape index (κ3) is 2.62. The number of rotatable bonds is 4. The highest BCUT2D eigenvalue weighted by atomic mass is 32.1. The molecule has 0 bridgehead atoms. The Kier molecular flexibility index (Phi) is 3.30. The second-order valence-corrected chi connectivity index (χ2v) is 6.06. The number of aryl methyl sites for hydroxylation is 2. The lowest BCUT2D eigenvalue weighted by Gasteiger charge is -2.38. The zero-order chi connectivity index (χ0) is 11.7. The summed E-state index contributed by atoms with van der Waals surface area (Å²) in [6.45, 7) is 7.12. The van der Waals surface area contributed by atoms with Crippen molar-refractivity contribution >= 4 is 17.3 Å². The van der Waals surface area contributed by atoms with Gasteiger partial charge in [0.15, 0.2) is 0 Å². The molecule has 0 spiro atoms. The van der Waals surface area contributed by atoms with Crippen LogP contribution in [0.4, 0.5) is 0 Å². The van der Waals surface area contributed by atoms with Crippen LogP contribution in [0.1, 0.15) is 21.7 Å². The maximum atomic E-state index is 10.5. The van der Waals surface area contributed by atoms with Crippen LogP contribution < -0.4 is 0 Å². The average molecular weight is 239 g/mol. The fourth-order valence-corrected chi connectivity index (χ4v) is 3.20. The molecule has 0 atom stereocenters. The summed E-state index contributed by atoms with van der Waals surface area (Å²) in [4.78, 5) is 15.6. The molecule has 1 aliphatic rings. The summed E-state index contributed by atoms with van der Waals surface area (Å²) >= 11 is 1.84. The zero-order valence-corrected chi connectivity index (χ0v) is 10.5. The molecule has 2 heterocycles. The van der Waals surface area contributed by atoms with Crippen LogP contribution in [0.2, 0.25) is 0 Å². The molecular formula is C12H17NO2S. The number of nitrogens with zero attached hydrogens (tertiary/aromatic N) is 1. The Morgan fingerprint density at radius 3 is 2.75 bits per heavy atom. The predicted molar refractivity (Wildman–Crippen MR) is 64.8 cm³/mol. The van der Waals surface area contributed by atoms with Gasteiger partial charge in [-0.3, -0.25) is 9.69 Å². The molecule has 16 heavy (non-hydrogen) atoms. The molecule has 1 saturated heterocycles. The summed E-state index contributed by atoms with van der Waals surface area (Å²) in [5.74, 6) is -0.315. The first kappa shape index (κ1) is 11.6. The van der Waals surface area contributed by atoms with Gasteiger partial charge in [0.25, 0.3) is 0 Å². The first-order valence-electron chi connectivity index (χ1n) is 5.54. The molecule has 88 valence electrons. The largest absolute Gasteiger partial charge is 0.481 e. The lowest BCUT2D eigenvalue weighted by Crippen LogP contribution is -2.46. The lowest BCUT2D eigenvalue weighted by molar-refractivity contribution is -0.139. The van der Waals surface area contributed by atoms with Crippen molar-refractivity contribution in [3.63, 3.8) is 0 Å². The fraction of sp³-hybridized carbons (Fsp3) is 0.583. The van der Waals surface area contributed by atoms with Crippen molar-refractivity contribution < 1.29 is 9.90 Å². The molecule has 1 aromatic heterocycles. The SMILES string of the molecule is Cc1cc(CN2CC(CC(=O)O)C2)c(C)s1. The summed E-state index contributed by atoms with van der Waals surface area (Å²) < 4.78 is 0. The van der Waals surface area contributed by atoms with Gasteiger partial charge in [-0.15, -0.1) is 11.3 Å². The van der Waals surface area contributed by atoms with Crippen LogP contribution in [0.15, 0.2) is 6.07 Å². The van der Waals surface area contributed by atoms with E-state index in [0.717, 1.165) is 19.6 Å². The van der Waals surface area contributed by atoms with Crippen LogP contribution in [-0.4, -0.2) is 29.1 Å². The van der Waals surface area contributed by atoms with E-state index < -0.39 is 5.97 Å². The number of carboxylic acid groups (broad SMARTS) is 1. The Hall–Kier alpha value is -0.870. The molecule has 2 rings (SSSR count). The van der Waals surface area contributed by atoms with Crippen molar-refractivity contribution in [3.05, 3.63) is 21.4 Å². The number of thiophene rings is 1. The van der Waals surface area contributed by atoms with E-state index >= 15 is 0 Å². The molecule has 0 unspecified atom stereocenters. The van der Waals surface area contributed by atoms with Gasteiger partial charge < -0.3 is 5.11 Å². The summed E-state index contributed by atoms with van der Waals surface area (Å²) in [7, 11) is 0. The van der Waals surface area contributed by atoms with Crippen LogP contribution in [0.3, 0.4) is 0 Å². The van der Waals surface area contributed by atoms with E-state index in [9.17, 15) is 4.79 Å². The Morgan fingerprint density at radius 2 is 2.25 bits per heavy atom. The maximum Gasteiger partial charge on any atom is 0.303 e. The molecule has 4 heteroatoms. The van der Waals surface area contributed by atoms with Crippen molar-refractivity contribution in [2.75, 3.05) is 13.1 Å². The van der Waals surface area contributed by atoms with Gasteiger partial charge in [-0.2, -0.15) is 0 Å². The van der Waals surface area contributed by atoms with Gasteiger partial charge in [0.1, 0.15) is 0 Å². The third-order valence-electron chi connectivity index (χ3n) is 3.03. The zero-order valence-electron chi connectivity index (χ0n) is 9.69. The number of likely N-dealkylation sites (tertiary alicyclic amines) is 1. The monoisotopic (exact) mass is 239 g/mol. The van der Waals surface area contributed by atoms with Gasteiger partial charge in [0, 0.05) is 29.4 Å². The van der Waals surface area contributed by atoms with E-state index in [1.165, 1.54) is 15.3 Å². The van der Waals surface area contributed by atoms with Gasteiger partial charge >= 0.3 is 5.97 Å². The number of carboxylic acids is 1. The molecule has 1 N–H and O–H groups in total. The summed E-state index contributed by atoms with van der Waals surface area (Å²) in [6, 6.07) is 2.24. The van der Waals surface area contributed by atoms with E-state index in [1.807, 2.05) is 11.3 Å². The molecule has 0 aromatic carbocycles. The molecule has 0 aliphatic carbocycles. The number of hydrogen-bond acceptors (Lipinski definition) is 3.